The van der Waals surface area contributed by atoms with Crippen molar-refractivity contribution in [2.24, 2.45) is 0 Å². The van der Waals surface area contributed by atoms with Crippen molar-refractivity contribution in [1.29, 1.82) is 0 Å². The smallest absolute Gasteiger partial charge is 0.311 e. The Morgan fingerprint density at radius 2 is 1.44 bits per heavy atom. The molecule has 0 aliphatic heterocycles. The normalized spacial score (nSPS) is 10.9. The van der Waals surface area contributed by atoms with E-state index in [9.17, 15) is 14.0 Å². The number of halogens is 1. The molecule has 3 nitrogen and oxygen atoms in total. The summed E-state index contributed by atoms with van der Waals surface area (Å²) >= 11 is 0. The Hall–Kier alpha value is -3.79. The Balaban J connectivity index is 1.33. The van der Waals surface area contributed by atoms with Gasteiger partial charge in [-0.15, -0.1) is 0 Å². The molecular formula is C30H29FO3. The predicted molar refractivity (Wildman–Crippen MR) is 135 cm³/mol. The molecule has 0 atom stereocenters. The monoisotopic (exact) mass is 456 g/mol. The zero-order valence-electron chi connectivity index (χ0n) is 19.2. The maximum Gasteiger partial charge on any atom is 0.311 e. The van der Waals surface area contributed by atoms with E-state index in [2.05, 4.69) is 30.8 Å². The van der Waals surface area contributed by atoms with Crippen LogP contribution in [0, 0.1) is 5.82 Å². The van der Waals surface area contributed by atoms with Crippen molar-refractivity contribution in [3.05, 3.63) is 114 Å². The third kappa shape index (κ3) is 8.28. The van der Waals surface area contributed by atoms with Gasteiger partial charge in [0.15, 0.2) is 5.78 Å². The average Bonchev–Trinajstić information content (AvgIpc) is 2.86. The molecule has 0 fully saturated rings. The molecule has 0 N–H and O–H groups in total. The van der Waals surface area contributed by atoms with Crippen molar-refractivity contribution in [1.82, 2.24) is 0 Å². The molecule has 3 aromatic carbocycles. The number of ether oxygens (including phenoxy) is 1. The number of carbonyl (C=O) groups is 2. The van der Waals surface area contributed by atoms with E-state index in [1.54, 1.807) is 30.3 Å². The van der Waals surface area contributed by atoms with Gasteiger partial charge in [-0.25, -0.2) is 4.39 Å². The number of benzene rings is 3. The molecule has 3 aromatic rings. The third-order valence-electron chi connectivity index (χ3n) is 5.48. The van der Waals surface area contributed by atoms with Crippen molar-refractivity contribution < 1.29 is 18.7 Å². The Morgan fingerprint density at radius 1 is 0.794 bits per heavy atom. The zero-order valence-corrected chi connectivity index (χ0v) is 19.2. The molecule has 0 unspecified atom stereocenters. The van der Waals surface area contributed by atoms with Crippen LogP contribution in [0.15, 0.2) is 85.5 Å². The summed E-state index contributed by atoms with van der Waals surface area (Å²) in [7, 11) is 0. The number of esters is 1. The summed E-state index contributed by atoms with van der Waals surface area (Å²) in [5, 5.41) is 0. The van der Waals surface area contributed by atoms with E-state index >= 15 is 0 Å². The molecule has 0 spiro atoms. The van der Waals surface area contributed by atoms with Gasteiger partial charge in [0.25, 0.3) is 0 Å². The second-order valence-electron chi connectivity index (χ2n) is 8.11. The number of hydrogen-bond donors (Lipinski definition) is 0. The molecule has 4 heteroatoms. The highest BCUT2D eigenvalue weighted by Gasteiger charge is 2.05. The first-order chi connectivity index (χ1) is 16.5. The van der Waals surface area contributed by atoms with Gasteiger partial charge in [-0.3, -0.25) is 9.59 Å². The molecule has 0 bridgehead atoms. The van der Waals surface area contributed by atoms with Crippen LogP contribution in [0.3, 0.4) is 0 Å². The maximum absolute atomic E-state index is 13.0. The van der Waals surface area contributed by atoms with Gasteiger partial charge in [0.2, 0.25) is 0 Å². The highest BCUT2D eigenvalue weighted by Crippen LogP contribution is 2.16. The summed E-state index contributed by atoms with van der Waals surface area (Å²) in [5.41, 5.74) is 3.67. The number of hydrogen-bond acceptors (Lipinski definition) is 3. The van der Waals surface area contributed by atoms with Crippen LogP contribution >= 0.6 is 0 Å². The van der Waals surface area contributed by atoms with Crippen LogP contribution in [0.4, 0.5) is 4.39 Å². The molecule has 0 amide bonds. The van der Waals surface area contributed by atoms with Gasteiger partial charge in [0.1, 0.15) is 11.6 Å². The zero-order chi connectivity index (χ0) is 24.2. The number of aryl methyl sites for hydroxylation is 1. The van der Waals surface area contributed by atoms with Crippen LogP contribution in [-0.2, 0) is 11.2 Å². The number of carbonyl (C=O) groups excluding carboxylic acids is 2. The number of unbranched alkanes of at least 4 members (excludes halogenated alkanes) is 3. The van der Waals surface area contributed by atoms with Crippen LogP contribution in [-0.4, -0.2) is 11.8 Å². The van der Waals surface area contributed by atoms with Crippen LogP contribution in [0.2, 0.25) is 0 Å². The highest BCUT2D eigenvalue weighted by atomic mass is 19.1. The summed E-state index contributed by atoms with van der Waals surface area (Å²) in [6.07, 6.45) is 10.4. The quantitative estimate of drug-likeness (QED) is 0.0934. The molecule has 0 aliphatic carbocycles. The van der Waals surface area contributed by atoms with E-state index in [4.69, 9.17) is 4.74 Å². The van der Waals surface area contributed by atoms with Crippen molar-refractivity contribution in [3.63, 3.8) is 0 Å². The molecule has 0 saturated carbocycles. The third-order valence-corrected chi connectivity index (χ3v) is 5.48. The maximum atomic E-state index is 13.0. The van der Waals surface area contributed by atoms with E-state index < -0.39 is 0 Å². The fourth-order valence-electron chi connectivity index (χ4n) is 3.48. The first-order valence-corrected chi connectivity index (χ1v) is 11.5. The number of rotatable bonds is 12. The molecule has 0 radical (unpaired) electrons. The predicted octanol–water partition coefficient (Wildman–Crippen LogP) is 7.46. The molecule has 174 valence electrons. The lowest BCUT2D eigenvalue weighted by Gasteiger charge is -2.05. The second kappa shape index (κ2) is 13.0. The number of ketones is 1. The molecule has 0 heterocycles. The van der Waals surface area contributed by atoms with Crippen LogP contribution in [0.25, 0.3) is 12.2 Å². The van der Waals surface area contributed by atoms with Crippen LogP contribution < -0.4 is 4.74 Å². The molecular weight excluding hydrogens is 427 g/mol. The lowest BCUT2D eigenvalue weighted by Crippen LogP contribution is -2.07. The minimum absolute atomic E-state index is 0.207. The molecule has 3 rings (SSSR count). The minimum atomic E-state index is -0.378. The lowest BCUT2D eigenvalue weighted by molar-refractivity contribution is -0.134. The van der Waals surface area contributed by atoms with Gasteiger partial charge in [-0.05, 0) is 78.4 Å². The Kier molecular flexibility index (Phi) is 9.53. The fourth-order valence-corrected chi connectivity index (χ4v) is 3.48. The van der Waals surface area contributed by atoms with E-state index in [1.807, 2.05) is 6.08 Å². The van der Waals surface area contributed by atoms with Crippen molar-refractivity contribution in [3.8, 4) is 5.75 Å². The first-order valence-electron chi connectivity index (χ1n) is 11.5. The summed E-state index contributed by atoms with van der Waals surface area (Å²) < 4.78 is 18.4. The summed E-state index contributed by atoms with van der Waals surface area (Å²) in [6.45, 7) is 3.77. The van der Waals surface area contributed by atoms with E-state index in [0.29, 0.717) is 17.7 Å². The fraction of sp³-hybridized carbons (Fsp3) is 0.200. The van der Waals surface area contributed by atoms with Gasteiger partial charge >= 0.3 is 5.97 Å². The van der Waals surface area contributed by atoms with E-state index in [-0.39, 0.29) is 17.6 Å². The standard InChI is InChI=1S/C30H29FO3/c1-2-23-9-11-24(12-10-23)7-5-3-4-6-8-30(33)34-28-20-13-25(14-21-28)15-22-29(32)26-16-18-27(31)19-17-26/h2,9-22H,1,3-8H2. The van der Waals surface area contributed by atoms with Crippen LogP contribution in [0.5, 0.6) is 5.75 Å². The summed E-state index contributed by atoms with van der Waals surface area (Å²) in [4.78, 5) is 24.2. The number of allylic oxidation sites excluding steroid dienone is 1. The van der Waals surface area contributed by atoms with Gasteiger partial charge < -0.3 is 4.74 Å². The average molecular weight is 457 g/mol. The minimum Gasteiger partial charge on any atom is -0.427 e. The lowest BCUT2D eigenvalue weighted by atomic mass is 10.0. The molecule has 0 aliphatic rings. The Labute approximate surface area is 200 Å². The largest absolute Gasteiger partial charge is 0.427 e. The van der Waals surface area contributed by atoms with E-state index in [1.165, 1.54) is 35.9 Å². The van der Waals surface area contributed by atoms with Gasteiger partial charge in [0, 0.05) is 12.0 Å². The molecule has 0 saturated heterocycles. The molecule has 0 aromatic heterocycles. The summed E-state index contributed by atoms with van der Waals surface area (Å²) in [5.74, 6) is -0.345. The van der Waals surface area contributed by atoms with Crippen molar-refractivity contribution in [2.75, 3.05) is 0 Å². The Bertz CT molecular complexity index is 1110. The van der Waals surface area contributed by atoms with Crippen molar-refractivity contribution >= 4 is 23.9 Å². The first kappa shape index (κ1) is 24.8. The topological polar surface area (TPSA) is 43.4 Å². The van der Waals surface area contributed by atoms with Gasteiger partial charge in [-0.2, -0.15) is 0 Å². The SMILES string of the molecule is C=Cc1ccc(CCCCCCC(=O)Oc2ccc(C=CC(=O)c3ccc(F)cc3)cc2)cc1. The summed E-state index contributed by atoms with van der Waals surface area (Å²) in [6, 6.07) is 20.8. The van der Waals surface area contributed by atoms with E-state index in [0.717, 1.165) is 43.2 Å². The second-order valence-corrected chi connectivity index (χ2v) is 8.11. The van der Waals surface area contributed by atoms with Crippen LogP contribution in [0.1, 0.15) is 59.2 Å². The van der Waals surface area contributed by atoms with Gasteiger partial charge in [-0.1, -0.05) is 68.0 Å². The Morgan fingerprint density at radius 3 is 2.12 bits per heavy atom. The van der Waals surface area contributed by atoms with Gasteiger partial charge in [0.05, 0.1) is 0 Å². The highest BCUT2D eigenvalue weighted by molar-refractivity contribution is 6.06. The molecule has 34 heavy (non-hydrogen) atoms. The van der Waals surface area contributed by atoms with Crippen molar-refractivity contribution in [2.45, 2.75) is 38.5 Å².